The van der Waals surface area contributed by atoms with Crippen molar-refractivity contribution in [1.82, 2.24) is 20.1 Å². The highest BCUT2D eigenvalue weighted by molar-refractivity contribution is 5.70. The SMILES string of the molecule is CC(CNCC1CNc2cc(-c3cnn(C)c3)cnc2O1)c1ccc(CC(=O)O)cc1. The molecule has 0 bridgehead atoms. The Labute approximate surface area is 181 Å². The Hall–Kier alpha value is -3.39. The van der Waals surface area contributed by atoms with E-state index in [0.29, 0.717) is 24.9 Å². The Balaban J connectivity index is 1.27. The van der Waals surface area contributed by atoms with E-state index >= 15 is 0 Å². The van der Waals surface area contributed by atoms with Gasteiger partial charge in [-0.2, -0.15) is 5.10 Å². The highest BCUT2D eigenvalue weighted by atomic mass is 16.5. The minimum absolute atomic E-state index is 0.00520. The number of nitrogens with zero attached hydrogens (tertiary/aromatic N) is 3. The maximum absolute atomic E-state index is 10.8. The van der Waals surface area contributed by atoms with Crippen LogP contribution in [0.1, 0.15) is 24.0 Å². The van der Waals surface area contributed by atoms with Gasteiger partial charge in [0.15, 0.2) is 0 Å². The quantitative estimate of drug-likeness (QED) is 0.514. The number of carboxylic acids is 1. The molecule has 0 saturated carbocycles. The summed E-state index contributed by atoms with van der Waals surface area (Å²) in [5, 5.41) is 20.0. The van der Waals surface area contributed by atoms with Gasteiger partial charge in [0.1, 0.15) is 6.10 Å². The predicted molar refractivity (Wildman–Crippen MR) is 118 cm³/mol. The molecule has 0 saturated heterocycles. The summed E-state index contributed by atoms with van der Waals surface area (Å²) in [6.45, 7) is 4.37. The van der Waals surface area contributed by atoms with Crippen molar-refractivity contribution in [1.29, 1.82) is 0 Å². The molecular formula is C23H27N5O3. The van der Waals surface area contributed by atoms with E-state index in [1.165, 1.54) is 5.56 Å². The van der Waals surface area contributed by atoms with Gasteiger partial charge in [-0.05, 0) is 23.1 Å². The highest BCUT2D eigenvalue weighted by Gasteiger charge is 2.21. The average Bonchev–Trinajstić information content (AvgIpc) is 3.19. The predicted octanol–water partition coefficient (Wildman–Crippen LogP) is 2.68. The lowest BCUT2D eigenvalue weighted by Gasteiger charge is -2.27. The molecule has 8 nitrogen and oxygen atoms in total. The smallest absolute Gasteiger partial charge is 0.307 e. The van der Waals surface area contributed by atoms with Crippen molar-refractivity contribution in [2.24, 2.45) is 7.05 Å². The Bertz CT molecular complexity index is 1050. The number of nitrogens with one attached hydrogen (secondary N) is 2. The number of carbonyl (C=O) groups is 1. The molecule has 0 amide bonds. The van der Waals surface area contributed by atoms with Crippen molar-refractivity contribution >= 4 is 11.7 Å². The van der Waals surface area contributed by atoms with Crippen molar-refractivity contribution < 1.29 is 14.6 Å². The number of hydrogen-bond acceptors (Lipinski definition) is 6. The summed E-state index contributed by atoms with van der Waals surface area (Å²) in [6.07, 6.45) is 5.64. The van der Waals surface area contributed by atoms with Crippen LogP contribution in [-0.4, -0.2) is 51.6 Å². The number of aryl methyl sites for hydroxylation is 1. The molecule has 2 aromatic heterocycles. The van der Waals surface area contributed by atoms with Crippen LogP contribution < -0.4 is 15.4 Å². The lowest BCUT2D eigenvalue weighted by atomic mass is 9.99. The van der Waals surface area contributed by atoms with E-state index in [0.717, 1.165) is 28.9 Å². The second-order valence-electron chi connectivity index (χ2n) is 7.97. The van der Waals surface area contributed by atoms with Crippen LogP contribution in [0.25, 0.3) is 11.1 Å². The van der Waals surface area contributed by atoms with Crippen LogP contribution >= 0.6 is 0 Å². The number of carboxylic acid groups (broad SMARTS) is 1. The topological polar surface area (TPSA) is 101 Å². The van der Waals surface area contributed by atoms with E-state index in [-0.39, 0.29) is 12.5 Å². The van der Waals surface area contributed by atoms with E-state index in [4.69, 9.17) is 9.84 Å². The van der Waals surface area contributed by atoms with Crippen molar-refractivity contribution in [3.8, 4) is 17.0 Å². The van der Waals surface area contributed by atoms with Gasteiger partial charge in [0.2, 0.25) is 5.88 Å². The van der Waals surface area contributed by atoms with Crippen molar-refractivity contribution in [3.63, 3.8) is 0 Å². The lowest BCUT2D eigenvalue weighted by Crippen LogP contribution is -2.40. The molecule has 2 atom stereocenters. The minimum Gasteiger partial charge on any atom is -0.481 e. The van der Waals surface area contributed by atoms with Gasteiger partial charge >= 0.3 is 5.97 Å². The fraction of sp³-hybridized carbons (Fsp3) is 0.348. The van der Waals surface area contributed by atoms with Gasteiger partial charge in [0.05, 0.1) is 24.8 Å². The van der Waals surface area contributed by atoms with E-state index in [2.05, 4.69) is 27.6 Å². The third kappa shape index (κ3) is 5.21. The molecule has 31 heavy (non-hydrogen) atoms. The van der Waals surface area contributed by atoms with E-state index in [1.54, 1.807) is 4.68 Å². The van der Waals surface area contributed by atoms with Crippen LogP contribution in [0.15, 0.2) is 48.9 Å². The number of aliphatic carboxylic acids is 1. The van der Waals surface area contributed by atoms with Gasteiger partial charge in [0.25, 0.3) is 0 Å². The maximum atomic E-state index is 10.8. The zero-order valence-electron chi connectivity index (χ0n) is 17.7. The summed E-state index contributed by atoms with van der Waals surface area (Å²) in [4.78, 5) is 15.3. The largest absolute Gasteiger partial charge is 0.481 e. The van der Waals surface area contributed by atoms with E-state index < -0.39 is 5.97 Å². The van der Waals surface area contributed by atoms with Gasteiger partial charge < -0.3 is 20.5 Å². The van der Waals surface area contributed by atoms with E-state index in [1.807, 2.05) is 56.0 Å². The fourth-order valence-corrected chi connectivity index (χ4v) is 3.66. The Morgan fingerprint density at radius 2 is 2.13 bits per heavy atom. The van der Waals surface area contributed by atoms with Crippen molar-refractivity contribution in [2.75, 3.05) is 25.0 Å². The second kappa shape index (κ2) is 9.18. The maximum Gasteiger partial charge on any atom is 0.307 e. The number of hydrogen-bond donors (Lipinski definition) is 3. The molecule has 1 aliphatic rings. The molecule has 4 rings (SSSR count). The van der Waals surface area contributed by atoms with Crippen LogP contribution in [0.4, 0.5) is 5.69 Å². The van der Waals surface area contributed by atoms with Gasteiger partial charge in [-0.3, -0.25) is 9.48 Å². The van der Waals surface area contributed by atoms with Gasteiger partial charge in [-0.15, -0.1) is 0 Å². The molecule has 162 valence electrons. The number of pyridine rings is 1. The number of anilines is 1. The minimum atomic E-state index is -0.812. The summed E-state index contributed by atoms with van der Waals surface area (Å²) in [5.74, 6) is 0.114. The van der Waals surface area contributed by atoms with Crippen LogP contribution in [0, 0.1) is 0 Å². The molecule has 0 aliphatic carbocycles. The standard InChI is InChI=1S/C23H27N5O3/c1-15(17-5-3-16(4-6-17)7-22(29)30)9-24-12-20-13-25-21-8-18(10-26-23(21)31-20)19-11-27-28(2)14-19/h3-6,8,10-11,14-15,20,24-25H,7,9,12-13H2,1-2H3,(H,29,30). The molecule has 3 aromatic rings. The first-order valence-electron chi connectivity index (χ1n) is 10.4. The molecule has 1 aliphatic heterocycles. The first-order valence-corrected chi connectivity index (χ1v) is 10.4. The molecule has 0 fully saturated rings. The number of ether oxygens (including phenoxy) is 1. The van der Waals surface area contributed by atoms with Crippen molar-refractivity contribution in [3.05, 3.63) is 60.0 Å². The first-order chi connectivity index (χ1) is 15.0. The van der Waals surface area contributed by atoms with Crippen molar-refractivity contribution in [2.45, 2.75) is 25.4 Å². The second-order valence-corrected chi connectivity index (χ2v) is 7.97. The van der Waals surface area contributed by atoms with Crippen LogP contribution in [0.5, 0.6) is 5.88 Å². The average molecular weight is 422 g/mol. The summed E-state index contributed by atoms with van der Waals surface area (Å²) in [6, 6.07) is 9.82. The molecule has 0 spiro atoms. The summed E-state index contributed by atoms with van der Waals surface area (Å²) in [7, 11) is 1.89. The van der Waals surface area contributed by atoms with Crippen LogP contribution in [-0.2, 0) is 18.3 Å². The molecule has 0 radical (unpaired) electrons. The van der Waals surface area contributed by atoms with Gasteiger partial charge in [0, 0.05) is 43.7 Å². The highest BCUT2D eigenvalue weighted by Crippen LogP contribution is 2.31. The van der Waals surface area contributed by atoms with Crippen LogP contribution in [0.2, 0.25) is 0 Å². The number of rotatable bonds is 8. The summed E-state index contributed by atoms with van der Waals surface area (Å²) >= 11 is 0. The molecular weight excluding hydrogens is 394 g/mol. The van der Waals surface area contributed by atoms with Gasteiger partial charge in [-0.1, -0.05) is 31.2 Å². The molecule has 3 heterocycles. The summed E-state index contributed by atoms with van der Waals surface area (Å²) in [5.41, 5.74) is 4.92. The molecule has 1 aromatic carbocycles. The van der Waals surface area contributed by atoms with E-state index in [9.17, 15) is 4.79 Å². The lowest BCUT2D eigenvalue weighted by molar-refractivity contribution is -0.136. The van der Waals surface area contributed by atoms with Gasteiger partial charge in [-0.25, -0.2) is 4.98 Å². The number of benzene rings is 1. The summed E-state index contributed by atoms with van der Waals surface area (Å²) < 4.78 is 7.83. The van der Waals surface area contributed by atoms with Crippen LogP contribution in [0.3, 0.4) is 0 Å². The number of aromatic nitrogens is 3. The first kappa shape index (κ1) is 20.9. The fourth-order valence-electron chi connectivity index (χ4n) is 3.66. The zero-order valence-corrected chi connectivity index (χ0v) is 17.7. The Morgan fingerprint density at radius 1 is 1.32 bits per heavy atom. The molecule has 8 heteroatoms. The number of fused-ring (bicyclic) bond motifs is 1. The Morgan fingerprint density at radius 3 is 2.84 bits per heavy atom. The molecule has 3 N–H and O–H groups in total. The monoisotopic (exact) mass is 421 g/mol. The third-order valence-corrected chi connectivity index (χ3v) is 5.41. The zero-order chi connectivity index (χ0) is 21.8. The Kier molecular flexibility index (Phi) is 6.18. The third-order valence-electron chi connectivity index (χ3n) is 5.41. The normalized spacial score (nSPS) is 16.1. The molecule has 2 unspecified atom stereocenters.